The lowest BCUT2D eigenvalue weighted by Crippen LogP contribution is -2.28. The van der Waals surface area contributed by atoms with Crippen LogP contribution in [-0.4, -0.2) is 36.6 Å². The van der Waals surface area contributed by atoms with Gasteiger partial charge in [0.2, 0.25) is 0 Å². The van der Waals surface area contributed by atoms with Crippen LogP contribution in [0.2, 0.25) is 0 Å². The molecule has 0 unspecified atom stereocenters. The molecule has 1 aromatic heterocycles. The Balaban J connectivity index is 2.25. The van der Waals surface area contributed by atoms with E-state index in [9.17, 15) is 0 Å². The summed E-state index contributed by atoms with van der Waals surface area (Å²) < 4.78 is 28.5. The first-order chi connectivity index (χ1) is 9.26. The summed E-state index contributed by atoms with van der Waals surface area (Å²) in [5, 5.41) is 0.984. The summed E-state index contributed by atoms with van der Waals surface area (Å²) in [4.78, 5) is 2.16. The van der Waals surface area contributed by atoms with Gasteiger partial charge in [-0.1, -0.05) is 0 Å². The van der Waals surface area contributed by atoms with E-state index in [1.54, 1.807) is 12.1 Å². The van der Waals surface area contributed by atoms with Crippen LogP contribution in [0.4, 0.5) is 0 Å². The first-order valence-corrected chi connectivity index (χ1v) is 5.70. The fourth-order valence-electron chi connectivity index (χ4n) is 1.85. The number of fused-ring (bicyclic) bond motifs is 1. The molecule has 3 nitrogen and oxygen atoms in total. The summed E-state index contributed by atoms with van der Waals surface area (Å²) >= 11 is 0. The lowest BCUT2D eigenvalue weighted by atomic mass is 10.2. The molecule has 1 atom stereocenters. The van der Waals surface area contributed by atoms with Gasteiger partial charge in [0.05, 0.1) is 11.2 Å². The van der Waals surface area contributed by atoms with Gasteiger partial charge in [0.25, 0.3) is 0 Å². The molecule has 3 heteroatoms. The monoisotopic (exact) mass is 235 g/mol. The maximum atomic E-state index is 7.12. The molecule has 0 fully saturated rings. The minimum Gasteiger partial charge on any atom is -0.497 e. The summed E-state index contributed by atoms with van der Waals surface area (Å²) in [6.07, 6.45) is 2.02. The zero-order valence-corrected chi connectivity index (χ0v) is 10.5. The van der Waals surface area contributed by atoms with E-state index in [0.717, 1.165) is 17.4 Å². The number of hydrogen-bond donors (Lipinski definition) is 0. The van der Waals surface area contributed by atoms with Gasteiger partial charge in [-0.15, -0.1) is 0 Å². The smallest absolute Gasteiger partial charge is 0.119 e. The van der Waals surface area contributed by atoms with E-state index in [1.807, 2.05) is 18.3 Å². The van der Waals surface area contributed by atoms with Crippen molar-refractivity contribution in [2.24, 2.45) is 0 Å². The van der Waals surface area contributed by atoms with Crippen molar-refractivity contribution in [3.63, 3.8) is 0 Å². The van der Waals surface area contributed by atoms with Crippen molar-refractivity contribution in [1.82, 2.24) is 9.47 Å². The van der Waals surface area contributed by atoms with Gasteiger partial charge in [-0.2, -0.15) is 0 Å². The van der Waals surface area contributed by atoms with Crippen molar-refractivity contribution < 1.29 is 8.85 Å². The highest BCUT2D eigenvalue weighted by Gasteiger charge is 2.08. The van der Waals surface area contributed by atoms with Crippen LogP contribution in [0, 0.1) is 0 Å². The molecule has 0 bridgehead atoms. The first kappa shape index (κ1) is 8.59. The average Bonchev–Trinajstić information content (AvgIpc) is 2.69. The van der Waals surface area contributed by atoms with Gasteiger partial charge >= 0.3 is 0 Å². The highest BCUT2D eigenvalue weighted by Crippen LogP contribution is 2.22. The van der Waals surface area contributed by atoms with E-state index in [-0.39, 0.29) is 0 Å². The Morgan fingerprint density at radius 1 is 1.41 bits per heavy atom. The highest BCUT2D eigenvalue weighted by atomic mass is 16.5. The number of rotatable bonds is 4. The largest absolute Gasteiger partial charge is 0.497 e. The number of hydrogen-bond acceptors (Lipinski definition) is 2. The molecule has 0 aliphatic carbocycles. The minimum absolute atomic E-state index is 0.371. The van der Waals surface area contributed by atoms with Crippen LogP contribution in [0.15, 0.2) is 30.5 Å². The predicted molar refractivity (Wildman–Crippen MR) is 71.6 cm³/mol. The standard InChI is InChI=1S/C14H20N2O/c1-11(15(2)3)10-16-8-7-12-9-13(17-4)5-6-14(12)16/h5-9,11H,10H2,1-4H3/t11-/m0/s1/i4D3. The third-order valence-electron chi connectivity index (χ3n) is 3.20. The number of likely N-dealkylation sites (N-methyl/N-ethyl adjacent to an activating group) is 1. The van der Waals surface area contributed by atoms with Gasteiger partial charge in [0, 0.05) is 29.7 Å². The second-order valence-electron chi connectivity index (χ2n) is 4.60. The van der Waals surface area contributed by atoms with Crippen LogP contribution in [-0.2, 0) is 6.54 Å². The first-order valence-electron chi connectivity index (χ1n) is 7.20. The predicted octanol–water partition coefficient (Wildman–Crippen LogP) is 2.60. The summed E-state index contributed by atoms with van der Waals surface area (Å²) in [6, 6.07) is 7.76. The van der Waals surface area contributed by atoms with Gasteiger partial charge < -0.3 is 14.2 Å². The Kier molecular flexibility index (Phi) is 2.42. The molecule has 2 aromatic rings. The van der Waals surface area contributed by atoms with Crippen molar-refractivity contribution >= 4 is 10.9 Å². The second kappa shape index (κ2) is 4.80. The molecule has 0 radical (unpaired) electrons. The average molecular weight is 235 g/mol. The molecule has 1 aromatic carbocycles. The zero-order chi connectivity index (χ0) is 14.9. The molecule has 0 saturated heterocycles. The van der Waals surface area contributed by atoms with E-state index in [4.69, 9.17) is 8.85 Å². The highest BCUT2D eigenvalue weighted by molar-refractivity contribution is 5.81. The van der Waals surface area contributed by atoms with Crippen molar-refractivity contribution in [3.8, 4) is 5.75 Å². The van der Waals surface area contributed by atoms with E-state index in [0.29, 0.717) is 11.8 Å². The summed E-state index contributed by atoms with van der Waals surface area (Å²) in [7, 11) is 1.70. The Morgan fingerprint density at radius 3 is 2.94 bits per heavy atom. The molecule has 0 spiro atoms. The van der Waals surface area contributed by atoms with Crippen LogP contribution < -0.4 is 4.74 Å². The molecule has 0 N–H and O–H groups in total. The summed E-state index contributed by atoms with van der Waals surface area (Å²) in [5.41, 5.74) is 1.08. The van der Waals surface area contributed by atoms with Gasteiger partial charge in [-0.25, -0.2) is 0 Å². The van der Waals surface area contributed by atoms with E-state index >= 15 is 0 Å². The molecular formula is C14H20N2O. The number of nitrogens with zero attached hydrogens (tertiary/aromatic N) is 2. The maximum Gasteiger partial charge on any atom is 0.119 e. The Labute approximate surface area is 107 Å². The Hall–Kier alpha value is -1.48. The lowest BCUT2D eigenvalue weighted by Gasteiger charge is -2.20. The van der Waals surface area contributed by atoms with Crippen LogP contribution in [0.3, 0.4) is 0 Å². The van der Waals surface area contributed by atoms with Crippen molar-refractivity contribution in [1.29, 1.82) is 0 Å². The van der Waals surface area contributed by atoms with Crippen LogP contribution >= 0.6 is 0 Å². The van der Waals surface area contributed by atoms with Gasteiger partial charge in [0.15, 0.2) is 0 Å². The molecule has 17 heavy (non-hydrogen) atoms. The van der Waals surface area contributed by atoms with Crippen molar-refractivity contribution in [3.05, 3.63) is 30.5 Å². The van der Waals surface area contributed by atoms with E-state index in [1.165, 1.54) is 0 Å². The van der Waals surface area contributed by atoms with E-state index in [2.05, 4.69) is 30.5 Å². The zero-order valence-electron chi connectivity index (χ0n) is 13.5. The third kappa shape index (κ3) is 2.44. The minimum atomic E-state index is -2.41. The third-order valence-corrected chi connectivity index (χ3v) is 3.20. The van der Waals surface area contributed by atoms with Gasteiger partial charge in [0.1, 0.15) is 5.75 Å². The van der Waals surface area contributed by atoms with Crippen LogP contribution in [0.1, 0.15) is 11.0 Å². The number of benzene rings is 1. The van der Waals surface area contributed by atoms with Crippen molar-refractivity contribution in [2.45, 2.75) is 19.5 Å². The van der Waals surface area contributed by atoms with E-state index < -0.39 is 7.04 Å². The van der Waals surface area contributed by atoms with Gasteiger partial charge in [-0.05, 0) is 45.3 Å². The molecule has 0 saturated carbocycles. The molecule has 0 aliphatic rings. The molecular weight excluding hydrogens is 212 g/mol. The summed E-state index contributed by atoms with van der Waals surface area (Å²) in [6.45, 7) is 3.05. The fourth-order valence-corrected chi connectivity index (χ4v) is 1.85. The molecule has 1 heterocycles. The molecule has 0 amide bonds. The Morgan fingerprint density at radius 2 is 2.24 bits per heavy atom. The summed E-state index contributed by atoms with van der Waals surface area (Å²) in [5.74, 6) is 0.371. The van der Waals surface area contributed by atoms with Crippen molar-refractivity contribution in [2.75, 3.05) is 21.1 Å². The topological polar surface area (TPSA) is 17.4 Å². The number of aromatic nitrogens is 1. The maximum absolute atomic E-state index is 7.12. The number of ether oxygens (including phenoxy) is 1. The van der Waals surface area contributed by atoms with Gasteiger partial charge in [-0.3, -0.25) is 0 Å². The number of methoxy groups -OCH3 is 1. The molecule has 92 valence electrons. The molecule has 0 aliphatic heterocycles. The second-order valence-corrected chi connectivity index (χ2v) is 4.60. The fraction of sp³-hybridized carbons (Fsp3) is 0.429. The van der Waals surface area contributed by atoms with Crippen LogP contribution in [0.25, 0.3) is 10.9 Å². The lowest BCUT2D eigenvalue weighted by molar-refractivity contribution is 0.286. The van der Waals surface area contributed by atoms with Crippen LogP contribution in [0.5, 0.6) is 5.75 Å². The Bertz CT molecular complexity index is 590. The normalized spacial score (nSPS) is 16.6. The molecule has 2 rings (SSSR count). The quantitative estimate of drug-likeness (QED) is 0.810. The SMILES string of the molecule is [2H]C([2H])([2H])Oc1ccc2c(ccn2C[C@H](C)N(C)C)c1.